The number of aryl methyl sites for hydroxylation is 1. The molecule has 0 saturated carbocycles. The van der Waals surface area contributed by atoms with E-state index in [2.05, 4.69) is 21.5 Å². The van der Waals surface area contributed by atoms with Crippen molar-refractivity contribution in [2.75, 3.05) is 5.32 Å². The van der Waals surface area contributed by atoms with E-state index in [4.69, 9.17) is 11.6 Å². The summed E-state index contributed by atoms with van der Waals surface area (Å²) in [7, 11) is 1.89. The molecule has 3 aromatic heterocycles. The van der Waals surface area contributed by atoms with E-state index in [0.717, 1.165) is 27.9 Å². The monoisotopic (exact) mass is 457 g/mol. The summed E-state index contributed by atoms with van der Waals surface area (Å²) in [5, 5.41) is 17.8. The van der Waals surface area contributed by atoms with Crippen LogP contribution < -0.4 is 5.32 Å². The molecule has 0 saturated heterocycles. The normalized spacial score (nSPS) is 12.1. The predicted octanol–water partition coefficient (Wildman–Crippen LogP) is 4.73. The highest BCUT2D eigenvalue weighted by Gasteiger charge is 2.17. The Morgan fingerprint density at radius 1 is 1.03 bits per heavy atom. The summed E-state index contributed by atoms with van der Waals surface area (Å²) < 4.78 is 3.80. The molecule has 1 amide bonds. The molecule has 0 aliphatic rings. The lowest BCUT2D eigenvalue weighted by molar-refractivity contribution is -0.124. The van der Waals surface area contributed by atoms with E-state index in [1.165, 1.54) is 0 Å². The molecule has 164 valence electrons. The van der Waals surface area contributed by atoms with Crippen LogP contribution in [0.2, 0.25) is 5.02 Å². The third-order valence-electron chi connectivity index (χ3n) is 5.42. The first-order chi connectivity index (χ1) is 16.0. The van der Waals surface area contributed by atoms with E-state index in [-0.39, 0.29) is 0 Å². The molecular formula is C25H20ClN5O2. The van der Waals surface area contributed by atoms with E-state index >= 15 is 0 Å². The fourth-order valence-corrected chi connectivity index (χ4v) is 3.83. The molecule has 0 radical (unpaired) electrons. The molecule has 5 rings (SSSR count). The average molecular weight is 458 g/mol. The van der Waals surface area contributed by atoms with Crippen LogP contribution in [0.5, 0.6) is 0 Å². The van der Waals surface area contributed by atoms with Crippen molar-refractivity contribution < 1.29 is 9.90 Å². The number of nitrogens with zero attached hydrogens (tertiary/aromatic N) is 4. The van der Waals surface area contributed by atoms with Gasteiger partial charge in [-0.3, -0.25) is 14.5 Å². The molecule has 3 heterocycles. The van der Waals surface area contributed by atoms with Crippen LogP contribution in [-0.4, -0.2) is 30.2 Å². The van der Waals surface area contributed by atoms with Crippen molar-refractivity contribution in [2.24, 2.45) is 7.05 Å². The van der Waals surface area contributed by atoms with Gasteiger partial charge in [0, 0.05) is 59.2 Å². The summed E-state index contributed by atoms with van der Waals surface area (Å²) in [6.45, 7) is 0. The Bertz CT molecular complexity index is 1440. The van der Waals surface area contributed by atoms with Crippen LogP contribution in [0, 0.1) is 0 Å². The number of benzene rings is 2. The average Bonchev–Trinajstić information content (AvgIpc) is 3.45. The predicted molar refractivity (Wildman–Crippen MR) is 128 cm³/mol. The molecule has 5 aromatic rings. The van der Waals surface area contributed by atoms with E-state index < -0.39 is 12.0 Å². The van der Waals surface area contributed by atoms with E-state index in [9.17, 15) is 9.90 Å². The van der Waals surface area contributed by atoms with Crippen molar-refractivity contribution in [3.8, 4) is 22.4 Å². The highest BCUT2D eigenvalue weighted by atomic mass is 35.5. The third-order valence-corrected chi connectivity index (χ3v) is 5.67. The SMILES string of the molecule is Cn1cc(-c2cc3c(-c4ccc(NC(=O)[C@H](O)c5ccc(Cl)cc5)cc4)nccn3c2)cn1. The molecule has 0 bridgehead atoms. The van der Waals surface area contributed by atoms with Crippen LogP contribution in [0.1, 0.15) is 11.7 Å². The van der Waals surface area contributed by atoms with Gasteiger partial charge in [0.1, 0.15) is 0 Å². The Kier molecular flexibility index (Phi) is 5.42. The minimum absolute atomic E-state index is 0.474. The maximum Gasteiger partial charge on any atom is 0.257 e. The summed E-state index contributed by atoms with van der Waals surface area (Å²) in [6.07, 6.45) is 8.22. The second-order valence-corrected chi connectivity index (χ2v) is 8.16. The number of aliphatic hydroxyl groups is 1. The summed E-state index contributed by atoms with van der Waals surface area (Å²) in [6, 6.07) is 16.0. The molecule has 0 unspecified atom stereocenters. The van der Waals surface area contributed by atoms with Crippen molar-refractivity contribution in [3.63, 3.8) is 0 Å². The van der Waals surface area contributed by atoms with Gasteiger partial charge >= 0.3 is 0 Å². The standard InChI is InChI=1S/C25H20ClN5O2/c1-30-14-19(13-28-30)18-12-22-23(27-10-11-31(22)15-18)16-4-8-21(9-5-16)29-25(33)24(32)17-2-6-20(26)7-3-17/h2-15,24,32H,1H3,(H,29,33)/t24-/m1/s1. The largest absolute Gasteiger partial charge is 0.378 e. The second-order valence-electron chi connectivity index (χ2n) is 7.72. The van der Waals surface area contributed by atoms with Gasteiger partial charge in [-0.2, -0.15) is 5.10 Å². The van der Waals surface area contributed by atoms with Crippen LogP contribution in [-0.2, 0) is 11.8 Å². The fraction of sp³-hybridized carbons (Fsp3) is 0.0800. The number of hydrogen-bond donors (Lipinski definition) is 2. The van der Waals surface area contributed by atoms with Gasteiger partial charge in [0.2, 0.25) is 0 Å². The molecular weight excluding hydrogens is 438 g/mol. The Hall–Kier alpha value is -3.94. The molecule has 33 heavy (non-hydrogen) atoms. The van der Waals surface area contributed by atoms with Gasteiger partial charge < -0.3 is 14.8 Å². The number of aromatic nitrogens is 4. The van der Waals surface area contributed by atoms with Crippen molar-refractivity contribution in [2.45, 2.75) is 6.10 Å². The van der Waals surface area contributed by atoms with Crippen molar-refractivity contribution in [1.82, 2.24) is 19.2 Å². The van der Waals surface area contributed by atoms with Crippen LogP contribution in [0.3, 0.4) is 0 Å². The Morgan fingerprint density at radius 3 is 2.48 bits per heavy atom. The van der Waals surface area contributed by atoms with E-state index in [1.54, 1.807) is 47.3 Å². The molecule has 0 spiro atoms. The van der Waals surface area contributed by atoms with E-state index in [0.29, 0.717) is 16.3 Å². The summed E-state index contributed by atoms with van der Waals surface area (Å²) in [5.74, 6) is -0.516. The van der Waals surface area contributed by atoms with Crippen LogP contribution in [0.15, 0.2) is 85.6 Å². The Labute approximate surface area is 194 Å². The smallest absolute Gasteiger partial charge is 0.257 e. The second kappa shape index (κ2) is 8.54. The highest BCUT2D eigenvalue weighted by Crippen LogP contribution is 2.29. The molecule has 8 heteroatoms. The zero-order valence-electron chi connectivity index (χ0n) is 17.7. The number of amides is 1. The number of carbonyl (C=O) groups excluding carboxylic acids is 1. The lowest BCUT2D eigenvalue weighted by Gasteiger charge is -2.12. The number of nitrogens with one attached hydrogen (secondary N) is 1. The van der Waals surface area contributed by atoms with Crippen LogP contribution >= 0.6 is 11.6 Å². The summed E-state index contributed by atoms with van der Waals surface area (Å²) >= 11 is 5.87. The first kappa shape index (κ1) is 20.9. The number of rotatable bonds is 5. The maximum atomic E-state index is 12.5. The maximum absolute atomic E-state index is 12.5. The number of fused-ring (bicyclic) bond motifs is 1. The lowest BCUT2D eigenvalue weighted by Crippen LogP contribution is -2.20. The molecule has 0 aliphatic carbocycles. The first-order valence-corrected chi connectivity index (χ1v) is 10.7. The number of anilines is 1. The molecule has 2 aromatic carbocycles. The number of halogens is 1. The minimum Gasteiger partial charge on any atom is -0.378 e. The number of aliphatic hydroxyl groups excluding tert-OH is 1. The topological polar surface area (TPSA) is 84.5 Å². The van der Waals surface area contributed by atoms with E-state index in [1.807, 2.05) is 48.4 Å². The lowest BCUT2D eigenvalue weighted by atomic mass is 10.1. The van der Waals surface area contributed by atoms with Crippen molar-refractivity contribution in [1.29, 1.82) is 0 Å². The third kappa shape index (κ3) is 4.24. The van der Waals surface area contributed by atoms with Gasteiger partial charge in [-0.25, -0.2) is 0 Å². The molecule has 0 fully saturated rings. The van der Waals surface area contributed by atoms with Gasteiger partial charge in [-0.05, 0) is 35.9 Å². The van der Waals surface area contributed by atoms with Crippen LogP contribution in [0.4, 0.5) is 5.69 Å². The van der Waals surface area contributed by atoms with Gasteiger partial charge in [0.15, 0.2) is 6.10 Å². The molecule has 0 aliphatic heterocycles. The zero-order chi connectivity index (χ0) is 22.9. The van der Waals surface area contributed by atoms with Gasteiger partial charge in [0.25, 0.3) is 5.91 Å². The van der Waals surface area contributed by atoms with Gasteiger partial charge in [-0.15, -0.1) is 0 Å². The quantitative estimate of drug-likeness (QED) is 0.399. The Morgan fingerprint density at radius 2 is 1.79 bits per heavy atom. The zero-order valence-corrected chi connectivity index (χ0v) is 18.4. The number of carbonyl (C=O) groups is 1. The molecule has 7 nitrogen and oxygen atoms in total. The summed E-state index contributed by atoms with van der Waals surface area (Å²) in [5.41, 5.74) is 5.84. The number of hydrogen-bond acceptors (Lipinski definition) is 4. The fourth-order valence-electron chi connectivity index (χ4n) is 3.71. The van der Waals surface area contributed by atoms with Crippen LogP contribution in [0.25, 0.3) is 27.9 Å². The van der Waals surface area contributed by atoms with Gasteiger partial charge in [0.05, 0.1) is 17.4 Å². The van der Waals surface area contributed by atoms with Gasteiger partial charge in [-0.1, -0.05) is 35.9 Å². The Balaban J connectivity index is 1.37. The molecule has 2 N–H and O–H groups in total. The first-order valence-electron chi connectivity index (χ1n) is 10.3. The van der Waals surface area contributed by atoms with Crippen molar-refractivity contribution in [3.05, 3.63) is 96.2 Å². The highest BCUT2D eigenvalue weighted by molar-refractivity contribution is 6.30. The minimum atomic E-state index is -1.29. The molecule has 1 atom stereocenters. The summed E-state index contributed by atoms with van der Waals surface area (Å²) in [4.78, 5) is 17.0. The van der Waals surface area contributed by atoms with Crippen molar-refractivity contribution >= 4 is 28.7 Å².